The Kier molecular flexibility index (Phi) is 15.2. The molecule has 17 heteroatoms. The molecule has 0 radical (unpaired) electrons. The molecule has 3 aliphatic rings. The summed E-state index contributed by atoms with van der Waals surface area (Å²) in [6.07, 6.45) is -0.296. The van der Waals surface area contributed by atoms with Crippen molar-refractivity contribution in [2.24, 2.45) is 0 Å². The zero-order chi connectivity index (χ0) is 41.9. The van der Waals surface area contributed by atoms with Crippen LogP contribution in [0.3, 0.4) is 0 Å². The van der Waals surface area contributed by atoms with Crippen molar-refractivity contribution < 1.29 is 33.8 Å². The lowest BCUT2D eigenvalue weighted by Crippen LogP contribution is -2.62. The maximum atomic E-state index is 12.5. The van der Waals surface area contributed by atoms with Gasteiger partial charge >= 0.3 is 0 Å². The monoisotopic (exact) mass is 834 g/mol. The molecule has 7 rings (SSSR count). The van der Waals surface area contributed by atoms with E-state index >= 15 is 0 Å². The molecule has 3 aliphatic heterocycles. The normalized spacial score (nSPS) is 17.1. The first-order valence-electron chi connectivity index (χ1n) is 19.0. The van der Waals surface area contributed by atoms with Crippen LogP contribution in [-0.2, 0) is 29.3 Å². The van der Waals surface area contributed by atoms with Gasteiger partial charge in [-0.15, -0.1) is 4.37 Å². The van der Waals surface area contributed by atoms with Gasteiger partial charge in [0.15, 0.2) is 5.41 Å². The van der Waals surface area contributed by atoms with Gasteiger partial charge in [0.2, 0.25) is 29.4 Å². The smallest absolute Gasteiger partial charge is 0.270 e. The molecule has 3 aromatic carbocycles. The molecule has 1 atom stereocenters. The number of carbonyl (C=O) groups excluding carboxylic acids is 4. The number of aliphatic hydroxyl groups is 1. The van der Waals surface area contributed by atoms with Crippen LogP contribution in [-0.4, -0.2) is 102 Å². The van der Waals surface area contributed by atoms with Gasteiger partial charge in [-0.1, -0.05) is 67.1 Å². The highest BCUT2D eigenvalue weighted by atomic mass is 35.5. The zero-order valence-electron chi connectivity index (χ0n) is 33.4. The summed E-state index contributed by atoms with van der Waals surface area (Å²) in [4.78, 5) is 53.7. The van der Waals surface area contributed by atoms with Crippen molar-refractivity contribution >= 4 is 69.8 Å². The molecule has 4 aromatic rings. The van der Waals surface area contributed by atoms with E-state index in [-0.39, 0.29) is 48.9 Å². The molecule has 0 unspecified atom stereocenters. The topological polar surface area (TPSA) is 179 Å². The third-order valence-corrected chi connectivity index (χ3v) is 10.3. The molecular formula is C41H51ClN8O7S. The second-order valence-corrected chi connectivity index (χ2v) is 15.7. The highest BCUT2D eigenvalue weighted by molar-refractivity contribution is 6.99. The van der Waals surface area contributed by atoms with Gasteiger partial charge in [-0.05, 0) is 63.1 Å². The van der Waals surface area contributed by atoms with Crippen molar-refractivity contribution in [1.29, 1.82) is 0 Å². The minimum absolute atomic E-state index is 0.0257. The van der Waals surface area contributed by atoms with Gasteiger partial charge in [0.1, 0.15) is 19.1 Å². The van der Waals surface area contributed by atoms with Crippen molar-refractivity contribution in [3.8, 4) is 5.88 Å². The van der Waals surface area contributed by atoms with Crippen LogP contribution < -0.4 is 35.4 Å². The van der Waals surface area contributed by atoms with Crippen LogP contribution in [0.4, 0.5) is 22.9 Å². The molecule has 4 amide bonds. The van der Waals surface area contributed by atoms with Gasteiger partial charge in [0.25, 0.3) is 5.88 Å². The predicted molar refractivity (Wildman–Crippen MR) is 225 cm³/mol. The molecule has 15 nitrogen and oxygen atoms in total. The number of hydrogen-bond donors (Lipinski definition) is 4. The number of ether oxygens (including phenoxy) is 2. The fraction of sp³-hybridized carbons (Fsp3) is 0.415. The Bertz CT molecular complexity index is 1990. The lowest BCUT2D eigenvalue weighted by Gasteiger charge is -2.34. The summed E-state index contributed by atoms with van der Waals surface area (Å²) in [5.74, 6) is 0.312. The third kappa shape index (κ3) is 10.9. The minimum Gasteiger partial charge on any atom is -0.472 e. The number of benzene rings is 3. The average molecular weight is 835 g/mol. The van der Waals surface area contributed by atoms with Gasteiger partial charge in [0, 0.05) is 42.9 Å². The molecule has 2 saturated heterocycles. The number of β-amino-alcohol motifs (C(OH)–C–C–N with tert-alkyl or cyclic N) is 1. The summed E-state index contributed by atoms with van der Waals surface area (Å²) >= 11 is 7.20. The zero-order valence-corrected chi connectivity index (χ0v) is 34.9. The molecule has 4 heterocycles. The fourth-order valence-corrected chi connectivity index (χ4v) is 7.11. The number of rotatable bonds is 9. The molecule has 310 valence electrons. The number of morpholine rings is 1. The standard InChI is InChI=1S/C16H13ClN2O2.C13H24N4O3S.C12H14N2O2/c1-18-13-8-7-11(17)9-14(13)19(16(21)10-15(18)20)12-5-3-2-4-6-12;1-13(2,3)14-8-10(18)9-20-12-11(15-21-16-12)17-4-6-19-7-5-17;1-2-12(9-6-4-3-5-7-9)10(15)13-8-14-11(12)16/h2-9H,10H2,1H3;10,14,18H,4-9H2,1-3H3;3-7H,2,8H2,1H3,(H,13,15)(H,14,16)/t;10-;/m.0./s1. The Hall–Kier alpha value is -5.13. The van der Waals surface area contributed by atoms with Gasteiger partial charge < -0.3 is 40.3 Å². The van der Waals surface area contributed by atoms with Gasteiger partial charge in [0.05, 0.1) is 43.0 Å². The molecule has 0 saturated carbocycles. The number of aromatic nitrogens is 2. The number of amides is 4. The van der Waals surface area contributed by atoms with E-state index in [9.17, 15) is 24.3 Å². The largest absolute Gasteiger partial charge is 0.472 e. The second kappa shape index (κ2) is 20.0. The van der Waals surface area contributed by atoms with E-state index in [2.05, 4.69) is 50.4 Å². The lowest BCUT2D eigenvalue weighted by molar-refractivity contribution is -0.141. The lowest BCUT2D eigenvalue weighted by atomic mass is 9.75. The number of hydrogen-bond acceptors (Lipinski definition) is 12. The number of nitrogens with zero attached hydrogens (tertiary/aromatic N) is 5. The first-order chi connectivity index (χ1) is 27.7. The van der Waals surface area contributed by atoms with Crippen molar-refractivity contribution in [3.63, 3.8) is 0 Å². The Morgan fingerprint density at radius 3 is 2.19 bits per heavy atom. The summed E-state index contributed by atoms with van der Waals surface area (Å²) in [6, 6.07) is 23.6. The molecule has 4 N–H and O–H groups in total. The summed E-state index contributed by atoms with van der Waals surface area (Å²) in [5, 5.41) is 19.1. The Balaban J connectivity index is 0.000000168. The molecular weight excluding hydrogens is 784 g/mol. The SMILES string of the molecule is CC(C)(C)NC[C@H](O)COc1nsnc1N1CCOCC1.CCC1(c2ccccc2)C(=O)NCNC1=O.CN1C(=O)CC(=O)N(c2ccccc2)c2cc(Cl)ccc21. The molecule has 2 fully saturated rings. The highest BCUT2D eigenvalue weighted by Gasteiger charge is 2.47. The van der Waals surface area contributed by atoms with Crippen molar-refractivity contribution in [2.75, 3.05) is 67.9 Å². The van der Waals surface area contributed by atoms with E-state index in [1.54, 1.807) is 30.1 Å². The van der Waals surface area contributed by atoms with Crippen LogP contribution in [0.1, 0.15) is 46.1 Å². The van der Waals surface area contributed by atoms with Crippen LogP contribution in [0.2, 0.25) is 5.02 Å². The summed E-state index contributed by atoms with van der Waals surface area (Å²) in [6.45, 7) is 11.9. The number of para-hydroxylation sites is 1. The number of aliphatic hydroxyl groups excluding tert-OH is 1. The fourth-order valence-electron chi connectivity index (χ4n) is 6.43. The average Bonchev–Trinajstić information content (AvgIpc) is 3.67. The number of fused-ring (bicyclic) bond motifs is 1. The number of carbonyl (C=O) groups is 4. The summed E-state index contributed by atoms with van der Waals surface area (Å²) in [7, 11) is 1.66. The van der Waals surface area contributed by atoms with E-state index in [1.807, 2.05) is 67.6 Å². The van der Waals surface area contributed by atoms with E-state index < -0.39 is 11.5 Å². The maximum absolute atomic E-state index is 12.5. The van der Waals surface area contributed by atoms with Crippen LogP contribution in [0.25, 0.3) is 0 Å². The predicted octanol–water partition coefficient (Wildman–Crippen LogP) is 4.41. The van der Waals surface area contributed by atoms with Crippen LogP contribution in [0, 0.1) is 0 Å². The van der Waals surface area contributed by atoms with Crippen molar-refractivity contribution in [2.45, 2.75) is 57.6 Å². The van der Waals surface area contributed by atoms with Gasteiger partial charge in [-0.3, -0.25) is 24.1 Å². The van der Waals surface area contributed by atoms with Crippen LogP contribution in [0.5, 0.6) is 5.88 Å². The molecule has 0 bridgehead atoms. The third-order valence-electron chi connectivity index (χ3n) is 9.58. The molecule has 0 spiro atoms. The van der Waals surface area contributed by atoms with Gasteiger partial charge in [-0.25, -0.2) is 0 Å². The maximum Gasteiger partial charge on any atom is 0.270 e. The van der Waals surface area contributed by atoms with E-state index in [4.69, 9.17) is 21.1 Å². The molecule has 58 heavy (non-hydrogen) atoms. The van der Waals surface area contributed by atoms with Crippen LogP contribution in [0.15, 0.2) is 78.9 Å². The molecule has 0 aliphatic carbocycles. The van der Waals surface area contributed by atoms with Gasteiger partial charge in [-0.2, -0.15) is 4.37 Å². The number of anilines is 4. The molecule has 1 aromatic heterocycles. The van der Waals surface area contributed by atoms with Crippen molar-refractivity contribution in [3.05, 3.63) is 89.4 Å². The van der Waals surface area contributed by atoms with E-state index in [1.165, 1.54) is 4.90 Å². The summed E-state index contributed by atoms with van der Waals surface area (Å²) in [5.41, 5.74) is 1.65. The number of halogens is 1. The minimum atomic E-state index is -1.07. The number of nitrogens with one attached hydrogen (secondary N) is 3. The van der Waals surface area contributed by atoms with Crippen molar-refractivity contribution in [1.82, 2.24) is 24.7 Å². The Morgan fingerprint density at radius 2 is 1.57 bits per heavy atom. The Labute approximate surface area is 348 Å². The first-order valence-corrected chi connectivity index (χ1v) is 20.1. The van der Waals surface area contributed by atoms with E-state index in [0.29, 0.717) is 54.1 Å². The highest BCUT2D eigenvalue weighted by Crippen LogP contribution is 2.39. The Morgan fingerprint density at radius 1 is 0.931 bits per heavy atom. The second-order valence-electron chi connectivity index (χ2n) is 14.7. The quantitative estimate of drug-likeness (QED) is 0.176. The summed E-state index contributed by atoms with van der Waals surface area (Å²) < 4.78 is 19.4. The van der Waals surface area contributed by atoms with E-state index in [0.717, 1.165) is 36.2 Å². The van der Waals surface area contributed by atoms with Crippen LogP contribution >= 0.6 is 23.3 Å². The first kappa shape index (κ1) is 44.0.